The smallest absolute Gasteiger partial charge is 0.249 e. The summed E-state index contributed by atoms with van der Waals surface area (Å²) >= 11 is 12.2. The van der Waals surface area contributed by atoms with Gasteiger partial charge in [-0.2, -0.15) is 0 Å². The van der Waals surface area contributed by atoms with E-state index in [1.54, 1.807) is 18.2 Å². The molecule has 2 aromatic carbocycles. The van der Waals surface area contributed by atoms with Gasteiger partial charge in [0.25, 0.3) is 0 Å². The number of hydrogen-bond acceptors (Lipinski definition) is 3. The molecule has 2 atom stereocenters. The highest BCUT2D eigenvalue weighted by Crippen LogP contribution is 2.34. The number of hydrogen-bond donors (Lipinski definition) is 0. The molecule has 0 N–H and O–H groups in total. The summed E-state index contributed by atoms with van der Waals surface area (Å²) in [6.45, 7) is 0.642. The van der Waals surface area contributed by atoms with Gasteiger partial charge in [-0.05, 0) is 35.6 Å². The van der Waals surface area contributed by atoms with Gasteiger partial charge in [-0.15, -0.1) is 0 Å². The second-order valence-electron chi connectivity index (χ2n) is 6.67. The average Bonchev–Trinajstić information content (AvgIpc) is 2.58. The lowest BCUT2D eigenvalue weighted by atomic mass is 9.79. The van der Waals surface area contributed by atoms with Crippen molar-refractivity contribution in [3.8, 4) is 0 Å². The maximum absolute atomic E-state index is 11.9. The summed E-state index contributed by atoms with van der Waals surface area (Å²) in [6.07, 6.45) is 1.47. The number of ether oxygens (including phenoxy) is 1. The quantitative estimate of drug-likeness (QED) is 0.552. The zero-order valence-electron chi connectivity index (χ0n) is 13.7. The summed E-state index contributed by atoms with van der Waals surface area (Å²) in [6, 6.07) is 15.1. The minimum Gasteiger partial charge on any atom is -0.374 e. The fourth-order valence-corrected chi connectivity index (χ4v) is 3.96. The van der Waals surface area contributed by atoms with Gasteiger partial charge in [0.1, 0.15) is 6.61 Å². The second-order valence-corrected chi connectivity index (χ2v) is 7.51. The molecule has 0 saturated carbocycles. The van der Waals surface area contributed by atoms with Crippen LogP contribution in [0.15, 0.2) is 48.5 Å². The normalized spacial score (nSPS) is 23.4. The van der Waals surface area contributed by atoms with Gasteiger partial charge >= 0.3 is 0 Å². The third-order valence-corrected chi connectivity index (χ3v) is 5.27. The Kier molecular flexibility index (Phi) is 5.62. The third-order valence-electron chi connectivity index (χ3n) is 4.68. The van der Waals surface area contributed by atoms with Crippen LogP contribution in [0.1, 0.15) is 17.5 Å². The molecule has 4 nitrogen and oxygen atoms in total. The Bertz CT molecular complexity index is 754. The first-order valence-corrected chi connectivity index (χ1v) is 8.94. The maximum Gasteiger partial charge on any atom is 0.249 e. The van der Waals surface area contributed by atoms with Crippen LogP contribution in [-0.4, -0.2) is 23.7 Å². The van der Waals surface area contributed by atoms with E-state index in [2.05, 4.69) is 0 Å². The molecule has 1 fully saturated rings. The Hall–Kier alpha value is -1.62. The van der Waals surface area contributed by atoms with E-state index in [0.717, 1.165) is 12.0 Å². The van der Waals surface area contributed by atoms with Crippen LogP contribution in [0.25, 0.3) is 0 Å². The lowest BCUT2D eigenvalue weighted by molar-refractivity contribution is -0.581. The number of nitrogens with zero attached hydrogens (tertiary/aromatic N) is 1. The van der Waals surface area contributed by atoms with E-state index in [4.69, 9.17) is 27.9 Å². The molecule has 1 saturated heterocycles. The third kappa shape index (κ3) is 4.32. The molecule has 25 heavy (non-hydrogen) atoms. The van der Waals surface area contributed by atoms with Crippen molar-refractivity contribution < 1.29 is 9.66 Å². The molecule has 0 aliphatic carbocycles. The zero-order valence-corrected chi connectivity index (χ0v) is 15.2. The van der Waals surface area contributed by atoms with Crippen LogP contribution < -0.4 is 0 Å². The lowest BCUT2D eigenvalue weighted by Gasteiger charge is -2.34. The number of benzene rings is 2. The molecular formula is C19H19Cl2NO3. The fraction of sp³-hybridized carbons (Fsp3) is 0.368. The molecule has 1 heterocycles. The van der Waals surface area contributed by atoms with E-state index < -0.39 is 5.54 Å². The molecule has 0 amide bonds. The SMILES string of the molecule is O=[N+]([O-])C1(Cc2ccc(Cl)cc2Cl)COCC(Cc2ccccc2)C1. The average molecular weight is 380 g/mol. The number of halogens is 2. The first-order valence-electron chi connectivity index (χ1n) is 8.19. The summed E-state index contributed by atoms with van der Waals surface area (Å²) in [7, 11) is 0. The van der Waals surface area contributed by atoms with Gasteiger partial charge in [0.2, 0.25) is 5.54 Å². The lowest BCUT2D eigenvalue weighted by Crippen LogP contribution is -2.51. The number of rotatable bonds is 5. The van der Waals surface area contributed by atoms with Crippen molar-refractivity contribution in [3.63, 3.8) is 0 Å². The molecule has 0 radical (unpaired) electrons. The second kappa shape index (κ2) is 7.73. The number of nitro groups is 1. The summed E-state index contributed by atoms with van der Waals surface area (Å²) in [5, 5.41) is 12.9. The van der Waals surface area contributed by atoms with Crippen molar-refractivity contribution in [1.29, 1.82) is 0 Å². The predicted molar refractivity (Wildman–Crippen MR) is 99.0 cm³/mol. The van der Waals surface area contributed by atoms with Crippen LogP contribution >= 0.6 is 23.2 Å². The van der Waals surface area contributed by atoms with Crippen LogP contribution in [0.4, 0.5) is 0 Å². The fourth-order valence-electron chi connectivity index (χ4n) is 3.48. The van der Waals surface area contributed by atoms with Crippen molar-refractivity contribution in [2.75, 3.05) is 13.2 Å². The van der Waals surface area contributed by atoms with Gasteiger partial charge in [0, 0.05) is 27.8 Å². The minimum atomic E-state index is -1.16. The summed E-state index contributed by atoms with van der Waals surface area (Å²) in [5.41, 5.74) is 0.737. The highest BCUT2D eigenvalue weighted by Gasteiger charge is 2.48. The molecule has 2 unspecified atom stereocenters. The van der Waals surface area contributed by atoms with Gasteiger partial charge in [-0.3, -0.25) is 10.1 Å². The van der Waals surface area contributed by atoms with Crippen molar-refractivity contribution in [3.05, 3.63) is 79.8 Å². The first-order chi connectivity index (χ1) is 12.0. The largest absolute Gasteiger partial charge is 0.374 e. The van der Waals surface area contributed by atoms with Gasteiger partial charge in [-0.25, -0.2) is 0 Å². The first kappa shape index (κ1) is 18.2. The summed E-state index contributed by atoms with van der Waals surface area (Å²) in [4.78, 5) is 11.7. The minimum absolute atomic E-state index is 0.101. The molecule has 0 spiro atoms. The molecule has 132 valence electrons. The zero-order chi connectivity index (χ0) is 17.9. The molecule has 0 bridgehead atoms. The van der Waals surface area contributed by atoms with E-state index in [-0.39, 0.29) is 23.9 Å². The van der Waals surface area contributed by atoms with E-state index in [9.17, 15) is 10.1 Å². The van der Waals surface area contributed by atoms with Gasteiger partial charge in [-0.1, -0.05) is 59.6 Å². The van der Waals surface area contributed by atoms with Crippen molar-refractivity contribution in [2.24, 2.45) is 5.92 Å². The summed E-state index contributed by atoms with van der Waals surface area (Å²) in [5.74, 6) is 0.104. The Balaban J connectivity index is 1.80. The van der Waals surface area contributed by atoms with E-state index in [1.165, 1.54) is 5.56 Å². The highest BCUT2D eigenvalue weighted by molar-refractivity contribution is 6.35. The Labute approximate surface area is 156 Å². The highest BCUT2D eigenvalue weighted by atomic mass is 35.5. The van der Waals surface area contributed by atoms with Gasteiger partial charge in [0.05, 0.1) is 6.61 Å². The van der Waals surface area contributed by atoms with Crippen LogP contribution in [-0.2, 0) is 17.6 Å². The summed E-state index contributed by atoms with van der Waals surface area (Å²) < 4.78 is 5.66. The van der Waals surface area contributed by atoms with Crippen LogP contribution in [0.5, 0.6) is 0 Å². The van der Waals surface area contributed by atoms with Crippen molar-refractivity contribution in [1.82, 2.24) is 0 Å². The predicted octanol–water partition coefficient (Wildman–Crippen LogP) is 4.83. The van der Waals surface area contributed by atoms with Crippen molar-refractivity contribution in [2.45, 2.75) is 24.8 Å². The van der Waals surface area contributed by atoms with Gasteiger partial charge in [0.15, 0.2) is 0 Å². The maximum atomic E-state index is 11.9. The van der Waals surface area contributed by atoms with Crippen LogP contribution in [0.3, 0.4) is 0 Å². The van der Waals surface area contributed by atoms with E-state index in [1.807, 2.05) is 30.3 Å². The standard InChI is InChI=1S/C19H19Cl2NO3/c20-17-7-6-16(18(21)9-17)11-19(22(23)24)10-15(12-25-13-19)8-14-4-2-1-3-5-14/h1-7,9,15H,8,10-13H2. The molecular weight excluding hydrogens is 361 g/mol. The Morgan fingerprint density at radius 1 is 1.20 bits per heavy atom. The van der Waals surface area contributed by atoms with Gasteiger partial charge < -0.3 is 4.74 Å². The molecule has 1 aliphatic rings. The van der Waals surface area contributed by atoms with Crippen LogP contribution in [0.2, 0.25) is 10.0 Å². The molecule has 2 aromatic rings. The molecule has 3 rings (SSSR count). The molecule has 0 aromatic heterocycles. The monoisotopic (exact) mass is 379 g/mol. The molecule has 6 heteroatoms. The Morgan fingerprint density at radius 2 is 1.96 bits per heavy atom. The van der Waals surface area contributed by atoms with Crippen LogP contribution in [0, 0.1) is 16.0 Å². The molecule has 1 aliphatic heterocycles. The van der Waals surface area contributed by atoms with E-state index >= 15 is 0 Å². The Morgan fingerprint density at radius 3 is 2.64 bits per heavy atom. The van der Waals surface area contributed by atoms with E-state index in [0.29, 0.717) is 23.1 Å². The van der Waals surface area contributed by atoms with Crippen molar-refractivity contribution >= 4 is 23.2 Å². The topological polar surface area (TPSA) is 52.4 Å².